The maximum absolute atomic E-state index is 9.19. The Morgan fingerprint density at radius 2 is 2.19 bits per heavy atom. The van der Waals surface area contributed by atoms with Crippen LogP contribution in [0.1, 0.15) is 37.8 Å². The van der Waals surface area contributed by atoms with Gasteiger partial charge in [0.25, 0.3) is 0 Å². The molecule has 0 radical (unpaired) electrons. The van der Waals surface area contributed by atoms with E-state index in [0.29, 0.717) is 5.92 Å². The Morgan fingerprint density at radius 1 is 1.38 bits per heavy atom. The Labute approximate surface area is 129 Å². The van der Waals surface area contributed by atoms with Crippen LogP contribution in [0.15, 0.2) is 24.3 Å². The minimum Gasteiger partial charge on any atom is -0.316 e. The molecule has 0 amide bonds. The van der Waals surface area contributed by atoms with Crippen LogP contribution in [-0.2, 0) is 6.54 Å². The Hall–Kier alpha value is -1.37. The Kier molecular flexibility index (Phi) is 6.22. The van der Waals surface area contributed by atoms with Crippen LogP contribution in [-0.4, -0.2) is 31.1 Å². The predicted octanol–water partition coefficient (Wildman–Crippen LogP) is 3.02. The van der Waals surface area contributed by atoms with Gasteiger partial charge in [-0.25, -0.2) is 0 Å². The molecule has 3 nitrogen and oxygen atoms in total. The third-order valence-electron chi connectivity index (χ3n) is 4.12. The van der Waals surface area contributed by atoms with Crippen molar-refractivity contribution in [3.63, 3.8) is 0 Å². The molecule has 0 aliphatic carbocycles. The second kappa shape index (κ2) is 8.17. The normalized spacial score (nSPS) is 19.6. The minimum absolute atomic E-state index is 0.715. The molecule has 1 aliphatic heterocycles. The summed E-state index contributed by atoms with van der Waals surface area (Å²) in [5.41, 5.74) is 1.98. The standard InChI is InChI=1S/C18H27N3/c1-15(2)11-20-12-16-6-5-9-21(13-16)14-18-8-4-3-7-17(18)10-19/h3-4,7-8,15-16,20H,5-6,9,11-14H2,1-2H3. The van der Waals surface area contributed by atoms with Gasteiger partial charge in [0, 0.05) is 13.1 Å². The fraction of sp³-hybridized carbons (Fsp3) is 0.611. The largest absolute Gasteiger partial charge is 0.316 e. The lowest BCUT2D eigenvalue weighted by Crippen LogP contribution is -2.39. The second-order valence-electron chi connectivity index (χ2n) is 6.56. The molecule has 1 fully saturated rings. The summed E-state index contributed by atoms with van der Waals surface area (Å²) in [7, 11) is 0. The average Bonchev–Trinajstić information content (AvgIpc) is 2.48. The quantitative estimate of drug-likeness (QED) is 0.873. The van der Waals surface area contributed by atoms with Crippen LogP contribution in [0, 0.1) is 23.2 Å². The molecule has 1 aliphatic rings. The summed E-state index contributed by atoms with van der Waals surface area (Å²) in [4.78, 5) is 2.50. The zero-order chi connectivity index (χ0) is 15.1. The molecule has 1 aromatic rings. The van der Waals surface area contributed by atoms with E-state index in [0.717, 1.165) is 49.8 Å². The summed E-state index contributed by atoms with van der Waals surface area (Å²) >= 11 is 0. The van der Waals surface area contributed by atoms with Crippen LogP contribution in [0.25, 0.3) is 0 Å². The molecule has 114 valence electrons. The molecule has 1 saturated heterocycles. The first-order valence-electron chi connectivity index (χ1n) is 8.10. The summed E-state index contributed by atoms with van der Waals surface area (Å²) < 4.78 is 0. The first-order valence-corrected chi connectivity index (χ1v) is 8.10. The van der Waals surface area contributed by atoms with E-state index in [9.17, 15) is 5.26 Å². The highest BCUT2D eigenvalue weighted by molar-refractivity contribution is 5.37. The van der Waals surface area contributed by atoms with Crippen molar-refractivity contribution >= 4 is 0 Å². The van der Waals surface area contributed by atoms with E-state index in [1.165, 1.54) is 12.8 Å². The summed E-state index contributed by atoms with van der Waals surface area (Å²) in [5.74, 6) is 1.46. The molecular formula is C18H27N3. The molecule has 1 heterocycles. The van der Waals surface area contributed by atoms with Crippen molar-refractivity contribution in [1.29, 1.82) is 5.26 Å². The van der Waals surface area contributed by atoms with E-state index in [-0.39, 0.29) is 0 Å². The smallest absolute Gasteiger partial charge is 0.0995 e. The minimum atomic E-state index is 0.715. The number of nitriles is 1. The van der Waals surface area contributed by atoms with Gasteiger partial charge in [-0.2, -0.15) is 5.26 Å². The van der Waals surface area contributed by atoms with Crippen molar-refractivity contribution in [2.75, 3.05) is 26.2 Å². The molecule has 21 heavy (non-hydrogen) atoms. The van der Waals surface area contributed by atoms with E-state index in [1.54, 1.807) is 0 Å². The Morgan fingerprint density at radius 3 is 2.95 bits per heavy atom. The number of hydrogen-bond donors (Lipinski definition) is 1. The lowest BCUT2D eigenvalue weighted by molar-refractivity contribution is 0.164. The van der Waals surface area contributed by atoms with Gasteiger partial charge in [0.15, 0.2) is 0 Å². The zero-order valence-corrected chi connectivity index (χ0v) is 13.3. The molecule has 0 aromatic heterocycles. The maximum Gasteiger partial charge on any atom is 0.0995 e. The predicted molar refractivity (Wildman–Crippen MR) is 86.9 cm³/mol. The van der Waals surface area contributed by atoms with Crippen molar-refractivity contribution in [3.8, 4) is 6.07 Å². The number of hydrogen-bond acceptors (Lipinski definition) is 3. The van der Waals surface area contributed by atoms with Crippen molar-refractivity contribution in [2.24, 2.45) is 11.8 Å². The van der Waals surface area contributed by atoms with Gasteiger partial charge in [0.05, 0.1) is 11.6 Å². The first kappa shape index (κ1) is 16.0. The van der Waals surface area contributed by atoms with Gasteiger partial charge in [0.1, 0.15) is 0 Å². The lowest BCUT2D eigenvalue weighted by Gasteiger charge is -2.33. The summed E-state index contributed by atoms with van der Waals surface area (Å²) in [5, 5.41) is 12.8. The Bertz CT molecular complexity index is 476. The van der Waals surface area contributed by atoms with Gasteiger partial charge < -0.3 is 5.32 Å². The van der Waals surface area contributed by atoms with Crippen molar-refractivity contribution in [1.82, 2.24) is 10.2 Å². The highest BCUT2D eigenvalue weighted by Gasteiger charge is 2.20. The van der Waals surface area contributed by atoms with E-state index >= 15 is 0 Å². The van der Waals surface area contributed by atoms with Crippen LogP contribution in [0.3, 0.4) is 0 Å². The maximum atomic E-state index is 9.19. The number of piperidine rings is 1. The lowest BCUT2D eigenvalue weighted by atomic mass is 9.97. The highest BCUT2D eigenvalue weighted by atomic mass is 15.1. The van der Waals surface area contributed by atoms with Crippen LogP contribution in [0.2, 0.25) is 0 Å². The Balaban J connectivity index is 1.85. The van der Waals surface area contributed by atoms with Gasteiger partial charge in [-0.15, -0.1) is 0 Å². The molecule has 0 saturated carbocycles. The molecule has 0 bridgehead atoms. The third kappa shape index (κ3) is 5.15. The van der Waals surface area contributed by atoms with E-state index < -0.39 is 0 Å². The third-order valence-corrected chi connectivity index (χ3v) is 4.12. The van der Waals surface area contributed by atoms with Gasteiger partial charge in [0.2, 0.25) is 0 Å². The topological polar surface area (TPSA) is 39.1 Å². The van der Waals surface area contributed by atoms with Crippen LogP contribution >= 0.6 is 0 Å². The van der Waals surface area contributed by atoms with Crippen molar-refractivity contribution in [3.05, 3.63) is 35.4 Å². The molecule has 2 rings (SSSR count). The van der Waals surface area contributed by atoms with Crippen molar-refractivity contribution < 1.29 is 0 Å². The molecule has 1 N–H and O–H groups in total. The number of likely N-dealkylation sites (tertiary alicyclic amines) is 1. The second-order valence-corrected chi connectivity index (χ2v) is 6.56. The highest BCUT2D eigenvalue weighted by Crippen LogP contribution is 2.19. The van der Waals surface area contributed by atoms with Gasteiger partial charge >= 0.3 is 0 Å². The molecule has 1 atom stereocenters. The van der Waals surface area contributed by atoms with E-state index in [2.05, 4.69) is 36.2 Å². The molecule has 1 unspecified atom stereocenters. The molecule has 1 aromatic carbocycles. The summed E-state index contributed by atoms with van der Waals surface area (Å²) in [6.45, 7) is 9.93. The monoisotopic (exact) mass is 285 g/mol. The molecular weight excluding hydrogens is 258 g/mol. The van der Waals surface area contributed by atoms with Gasteiger partial charge in [-0.3, -0.25) is 4.90 Å². The van der Waals surface area contributed by atoms with Crippen LogP contribution in [0.4, 0.5) is 0 Å². The van der Waals surface area contributed by atoms with Crippen LogP contribution < -0.4 is 5.32 Å². The number of benzene rings is 1. The van der Waals surface area contributed by atoms with Gasteiger partial charge in [-0.1, -0.05) is 32.0 Å². The fourth-order valence-electron chi connectivity index (χ4n) is 3.05. The molecule has 3 heteroatoms. The number of rotatable bonds is 6. The van der Waals surface area contributed by atoms with Crippen molar-refractivity contribution in [2.45, 2.75) is 33.2 Å². The van der Waals surface area contributed by atoms with E-state index in [1.807, 2.05) is 18.2 Å². The number of nitrogens with one attached hydrogen (secondary N) is 1. The van der Waals surface area contributed by atoms with E-state index in [4.69, 9.17) is 0 Å². The van der Waals surface area contributed by atoms with Gasteiger partial charge in [-0.05, 0) is 55.9 Å². The van der Waals surface area contributed by atoms with Crippen LogP contribution in [0.5, 0.6) is 0 Å². The first-order chi connectivity index (χ1) is 10.2. The summed E-state index contributed by atoms with van der Waals surface area (Å²) in [6, 6.07) is 10.3. The number of nitrogens with zero attached hydrogens (tertiary/aromatic N) is 2. The summed E-state index contributed by atoms with van der Waals surface area (Å²) in [6.07, 6.45) is 2.59. The SMILES string of the molecule is CC(C)CNCC1CCCN(Cc2ccccc2C#N)C1. The average molecular weight is 285 g/mol. The fourth-order valence-corrected chi connectivity index (χ4v) is 3.05. The molecule has 0 spiro atoms. The zero-order valence-electron chi connectivity index (χ0n) is 13.3.